The maximum atomic E-state index is 12.3. The van der Waals surface area contributed by atoms with E-state index < -0.39 is 5.97 Å². The van der Waals surface area contributed by atoms with Gasteiger partial charge in [0, 0.05) is 30.6 Å². The Bertz CT molecular complexity index is 1170. The van der Waals surface area contributed by atoms with Gasteiger partial charge in [0.25, 0.3) is 0 Å². The van der Waals surface area contributed by atoms with Crippen molar-refractivity contribution in [2.24, 2.45) is 0 Å². The Hall–Kier alpha value is -4.07. The van der Waals surface area contributed by atoms with Gasteiger partial charge < -0.3 is 23.3 Å². The molecule has 0 spiro atoms. The van der Waals surface area contributed by atoms with Crippen LogP contribution in [0.2, 0.25) is 0 Å². The predicted octanol–water partition coefficient (Wildman–Crippen LogP) is 3.67. The molecule has 150 valence electrons. The number of carbonyl (C=O) groups is 1. The van der Waals surface area contributed by atoms with Crippen molar-refractivity contribution in [2.45, 2.75) is 13.2 Å². The first kappa shape index (κ1) is 18.0. The van der Waals surface area contributed by atoms with Crippen LogP contribution in [0.15, 0.2) is 71.8 Å². The third-order valence-electron chi connectivity index (χ3n) is 4.68. The molecule has 2 aromatic carbocycles. The number of rotatable bonds is 6. The molecule has 0 fully saturated rings. The zero-order valence-electron chi connectivity index (χ0n) is 15.9. The van der Waals surface area contributed by atoms with Crippen LogP contribution in [0.1, 0.15) is 21.6 Å². The first-order chi connectivity index (χ1) is 14.7. The summed E-state index contributed by atoms with van der Waals surface area (Å²) in [5.74, 6) is 1.50. The molecular weight excluding hydrogens is 386 g/mol. The summed E-state index contributed by atoms with van der Waals surface area (Å²) < 4.78 is 23.4. The van der Waals surface area contributed by atoms with Crippen LogP contribution in [0, 0.1) is 0 Å². The van der Waals surface area contributed by atoms with Crippen molar-refractivity contribution in [1.29, 1.82) is 0 Å². The number of carbonyl (C=O) groups excluding carboxylic acids is 1. The van der Waals surface area contributed by atoms with E-state index >= 15 is 0 Å². The highest BCUT2D eigenvalue weighted by Gasteiger charge is 2.16. The zero-order valence-corrected chi connectivity index (χ0v) is 15.9. The lowest BCUT2D eigenvalue weighted by Gasteiger charge is -2.05. The molecule has 0 saturated carbocycles. The standard InChI is InChI=1S/C22H17N3O5/c26-22(16-3-1-15(2-4-16)11-25-8-7-23-13-25)27-12-18-10-20(30-24-18)17-5-6-19-21(9-17)29-14-28-19/h1-10,13H,11-12,14H2. The number of ether oxygens (including phenoxy) is 3. The lowest BCUT2D eigenvalue weighted by atomic mass is 10.1. The van der Waals surface area contributed by atoms with E-state index in [9.17, 15) is 4.79 Å². The number of hydrogen-bond donors (Lipinski definition) is 0. The van der Waals surface area contributed by atoms with Gasteiger partial charge in [-0.25, -0.2) is 9.78 Å². The summed E-state index contributed by atoms with van der Waals surface area (Å²) in [6, 6.07) is 14.5. The van der Waals surface area contributed by atoms with Gasteiger partial charge in [0.1, 0.15) is 12.3 Å². The molecule has 0 aliphatic carbocycles. The number of imidazole rings is 1. The van der Waals surface area contributed by atoms with Crippen molar-refractivity contribution in [3.8, 4) is 22.8 Å². The van der Waals surface area contributed by atoms with Crippen molar-refractivity contribution in [3.05, 3.63) is 84.1 Å². The monoisotopic (exact) mass is 403 g/mol. The van der Waals surface area contributed by atoms with Crippen molar-refractivity contribution >= 4 is 5.97 Å². The molecule has 4 aromatic rings. The lowest BCUT2D eigenvalue weighted by Crippen LogP contribution is -2.06. The first-order valence-corrected chi connectivity index (χ1v) is 9.32. The lowest BCUT2D eigenvalue weighted by molar-refractivity contribution is 0.0464. The number of aromatic nitrogens is 3. The van der Waals surface area contributed by atoms with Crippen LogP contribution in [0.5, 0.6) is 11.5 Å². The van der Waals surface area contributed by atoms with Gasteiger partial charge >= 0.3 is 5.97 Å². The summed E-state index contributed by atoms with van der Waals surface area (Å²) in [7, 11) is 0. The van der Waals surface area contributed by atoms with E-state index in [0.29, 0.717) is 35.1 Å². The van der Waals surface area contributed by atoms with E-state index in [1.807, 2.05) is 41.1 Å². The average Bonchev–Trinajstić information content (AvgIpc) is 3.53. The molecule has 8 nitrogen and oxygen atoms in total. The van der Waals surface area contributed by atoms with Crippen LogP contribution < -0.4 is 9.47 Å². The quantitative estimate of drug-likeness (QED) is 0.454. The molecule has 1 aliphatic heterocycles. The smallest absolute Gasteiger partial charge is 0.338 e. The molecule has 0 amide bonds. The van der Waals surface area contributed by atoms with Gasteiger partial charge in [-0.1, -0.05) is 17.3 Å². The molecule has 8 heteroatoms. The summed E-state index contributed by atoms with van der Waals surface area (Å²) in [6.07, 6.45) is 5.36. The molecule has 2 aromatic heterocycles. The molecule has 0 unspecified atom stereocenters. The Morgan fingerprint density at radius 1 is 1.07 bits per heavy atom. The average molecular weight is 403 g/mol. The molecular formula is C22H17N3O5. The van der Waals surface area contributed by atoms with Gasteiger partial charge in [0.2, 0.25) is 6.79 Å². The Morgan fingerprint density at radius 2 is 1.93 bits per heavy atom. The van der Waals surface area contributed by atoms with Crippen LogP contribution in [-0.2, 0) is 17.9 Å². The Labute approximate surface area is 171 Å². The predicted molar refractivity (Wildman–Crippen MR) is 105 cm³/mol. The minimum absolute atomic E-state index is 0.0175. The minimum atomic E-state index is -0.420. The fraction of sp³-hybridized carbons (Fsp3) is 0.136. The van der Waals surface area contributed by atoms with E-state index in [0.717, 1.165) is 11.1 Å². The summed E-state index contributed by atoms with van der Waals surface area (Å²) in [6.45, 7) is 0.918. The van der Waals surface area contributed by atoms with Crippen LogP contribution in [0.25, 0.3) is 11.3 Å². The second kappa shape index (κ2) is 7.75. The normalized spacial score (nSPS) is 12.1. The summed E-state index contributed by atoms with van der Waals surface area (Å²) in [5, 5.41) is 3.97. The molecule has 0 bridgehead atoms. The van der Waals surface area contributed by atoms with Crippen molar-refractivity contribution in [1.82, 2.24) is 14.7 Å². The fourth-order valence-corrected chi connectivity index (χ4v) is 3.13. The van der Waals surface area contributed by atoms with Crippen molar-refractivity contribution in [3.63, 3.8) is 0 Å². The van der Waals surface area contributed by atoms with Crippen LogP contribution in [-0.4, -0.2) is 27.5 Å². The van der Waals surface area contributed by atoms with E-state index in [-0.39, 0.29) is 13.4 Å². The first-order valence-electron chi connectivity index (χ1n) is 9.32. The Morgan fingerprint density at radius 3 is 2.77 bits per heavy atom. The van der Waals surface area contributed by atoms with Gasteiger partial charge in [-0.2, -0.15) is 0 Å². The molecule has 0 radical (unpaired) electrons. The molecule has 0 N–H and O–H groups in total. The highest BCUT2D eigenvalue weighted by Crippen LogP contribution is 2.36. The largest absolute Gasteiger partial charge is 0.455 e. The number of hydrogen-bond acceptors (Lipinski definition) is 7. The highest BCUT2D eigenvalue weighted by molar-refractivity contribution is 5.89. The zero-order chi connectivity index (χ0) is 20.3. The highest BCUT2D eigenvalue weighted by atomic mass is 16.7. The third kappa shape index (κ3) is 3.75. The third-order valence-corrected chi connectivity index (χ3v) is 4.68. The SMILES string of the molecule is O=C(OCc1cc(-c2ccc3c(c2)OCO3)on1)c1ccc(Cn2ccnc2)cc1. The summed E-state index contributed by atoms with van der Waals surface area (Å²) in [4.78, 5) is 16.3. The molecule has 5 rings (SSSR count). The molecule has 3 heterocycles. The second-order valence-corrected chi connectivity index (χ2v) is 6.76. The van der Waals surface area contributed by atoms with Gasteiger partial charge in [0.15, 0.2) is 17.3 Å². The number of nitrogens with zero attached hydrogens (tertiary/aromatic N) is 3. The molecule has 0 atom stereocenters. The Balaban J connectivity index is 1.20. The van der Waals surface area contributed by atoms with Gasteiger partial charge in [-0.15, -0.1) is 0 Å². The molecule has 0 saturated heterocycles. The number of benzene rings is 2. The second-order valence-electron chi connectivity index (χ2n) is 6.76. The minimum Gasteiger partial charge on any atom is -0.455 e. The van der Waals surface area contributed by atoms with Crippen molar-refractivity contribution in [2.75, 3.05) is 6.79 Å². The van der Waals surface area contributed by atoms with Crippen molar-refractivity contribution < 1.29 is 23.5 Å². The van der Waals surface area contributed by atoms with Crippen LogP contribution in [0.4, 0.5) is 0 Å². The number of fused-ring (bicyclic) bond motifs is 1. The van der Waals surface area contributed by atoms with E-state index in [1.165, 1.54) is 0 Å². The fourth-order valence-electron chi connectivity index (χ4n) is 3.13. The van der Waals surface area contributed by atoms with Crippen LogP contribution >= 0.6 is 0 Å². The Kier molecular flexibility index (Phi) is 4.65. The molecule has 1 aliphatic rings. The summed E-state index contributed by atoms with van der Waals surface area (Å²) in [5.41, 5.74) is 2.86. The van der Waals surface area contributed by atoms with E-state index in [4.69, 9.17) is 18.7 Å². The van der Waals surface area contributed by atoms with Gasteiger partial charge in [-0.3, -0.25) is 0 Å². The topological polar surface area (TPSA) is 88.6 Å². The van der Waals surface area contributed by atoms with Crippen LogP contribution in [0.3, 0.4) is 0 Å². The van der Waals surface area contributed by atoms with E-state index in [2.05, 4.69) is 10.1 Å². The van der Waals surface area contributed by atoms with E-state index in [1.54, 1.807) is 30.7 Å². The molecule has 30 heavy (non-hydrogen) atoms. The maximum Gasteiger partial charge on any atom is 0.338 e. The van der Waals surface area contributed by atoms with Gasteiger partial charge in [-0.05, 0) is 35.9 Å². The van der Waals surface area contributed by atoms with Gasteiger partial charge in [0.05, 0.1) is 11.9 Å². The summed E-state index contributed by atoms with van der Waals surface area (Å²) >= 11 is 0. The maximum absolute atomic E-state index is 12.3. The number of esters is 1.